The molecule has 28 heavy (non-hydrogen) atoms. The third kappa shape index (κ3) is 3.86. The second-order valence-corrected chi connectivity index (χ2v) is 8.04. The molecule has 3 aromatic rings. The summed E-state index contributed by atoms with van der Waals surface area (Å²) in [5.41, 5.74) is -0.260. The standard InChI is InChI=1S/C20H18O7S/c1-26-18-8-9-19(15-5-3-2-4-14(15)18)28(24,25)11-10-27-13-6-7-16(20(22)23)17(21)12-13/h2-9,12,21H,10-11H2,1H3,(H,22,23). The molecular weight excluding hydrogens is 384 g/mol. The van der Waals surface area contributed by atoms with Crippen LogP contribution in [0.25, 0.3) is 10.8 Å². The summed E-state index contributed by atoms with van der Waals surface area (Å²) in [6.45, 7) is -0.158. The van der Waals surface area contributed by atoms with E-state index in [1.807, 2.05) is 0 Å². The normalized spacial score (nSPS) is 11.3. The smallest absolute Gasteiger partial charge is 0.339 e. The molecule has 0 unspecified atom stereocenters. The molecule has 0 amide bonds. The van der Waals surface area contributed by atoms with Crippen LogP contribution >= 0.6 is 0 Å². The second-order valence-electron chi connectivity index (χ2n) is 5.96. The fraction of sp³-hybridized carbons (Fsp3) is 0.150. The molecule has 3 aromatic carbocycles. The van der Waals surface area contributed by atoms with Crippen LogP contribution in [0.1, 0.15) is 10.4 Å². The largest absolute Gasteiger partial charge is 0.507 e. The maximum absolute atomic E-state index is 12.8. The minimum Gasteiger partial charge on any atom is -0.507 e. The van der Waals surface area contributed by atoms with Gasteiger partial charge in [0.1, 0.15) is 29.4 Å². The summed E-state index contributed by atoms with van der Waals surface area (Å²) in [5, 5.41) is 19.8. The summed E-state index contributed by atoms with van der Waals surface area (Å²) in [4.78, 5) is 11.1. The number of carboxylic acid groups (broad SMARTS) is 1. The number of hydrogen-bond acceptors (Lipinski definition) is 6. The van der Waals surface area contributed by atoms with Crippen LogP contribution in [-0.2, 0) is 9.84 Å². The Balaban J connectivity index is 1.79. The summed E-state index contributed by atoms with van der Waals surface area (Å²) in [5.74, 6) is -1.24. The van der Waals surface area contributed by atoms with E-state index in [1.54, 1.807) is 30.3 Å². The van der Waals surface area contributed by atoms with Crippen molar-refractivity contribution in [3.8, 4) is 17.2 Å². The lowest BCUT2D eigenvalue weighted by atomic mass is 10.1. The number of carboxylic acids is 1. The van der Waals surface area contributed by atoms with Gasteiger partial charge in [0.2, 0.25) is 0 Å². The molecule has 0 aliphatic rings. The molecule has 0 saturated heterocycles. The fourth-order valence-corrected chi connectivity index (χ4v) is 4.17. The highest BCUT2D eigenvalue weighted by atomic mass is 32.2. The lowest BCUT2D eigenvalue weighted by Crippen LogP contribution is -2.15. The van der Waals surface area contributed by atoms with Gasteiger partial charge in [-0.05, 0) is 24.3 Å². The number of sulfone groups is 1. The number of rotatable bonds is 7. The average molecular weight is 402 g/mol. The van der Waals surface area contributed by atoms with Gasteiger partial charge in [0.25, 0.3) is 0 Å². The Kier molecular flexibility index (Phi) is 5.41. The van der Waals surface area contributed by atoms with Crippen LogP contribution < -0.4 is 9.47 Å². The predicted molar refractivity (Wildman–Crippen MR) is 103 cm³/mol. The highest BCUT2D eigenvalue weighted by molar-refractivity contribution is 7.91. The molecule has 7 nitrogen and oxygen atoms in total. The molecule has 0 aliphatic heterocycles. The van der Waals surface area contributed by atoms with E-state index in [-0.39, 0.29) is 28.6 Å². The molecule has 146 valence electrons. The van der Waals surface area contributed by atoms with Gasteiger partial charge in [0.05, 0.1) is 17.8 Å². The van der Waals surface area contributed by atoms with Gasteiger partial charge in [-0.2, -0.15) is 0 Å². The van der Waals surface area contributed by atoms with Gasteiger partial charge < -0.3 is 19.7 Å². The molecule has 0 bridgehead atoms. The van der Waals surface area contributed by atoms with Crippen molar-refractivity contribution >= 4 is 26.6 Å². The number of benzene rings is 3. The Morgan fingerprint density at radius 3 is 2.39 bits per heavy atom. The van der Waals surface area contributed by atoms with E-state index in [0.29, 0.717) is 16.5 Å². The fourth-order valence-electron chi connectivity index (χ4n) is 2.85. The molecule has 0 aromatic heterocycles. The van der Waals surface area contributed by atoms with Crippen LogP contribution in [0.4, 0.5) is 0 Å². The molecule has 0 fully saturated rings. The molecule has 0 aliphatic carbocycles. The van der Waals surface area contributed by atoms with E-state index in [4.69, 9.17) is 14.6 Å². The van der Waals surface area contributed by atoms with Crippen LogP contribution in [0, 0.1) is 0 Å². The first-order valence-electron chi connectivity index (χ1n) is 8.31. The van der Waals surface area contributed by atoms with Crippen LogP contribution in [0.15, 0.2) is 59.5 Å². The lowest BCUT2D eigenvalue weighted by molar-refractivity contribution is 0.0693. The van der Waals surface area contributed by atoms with Gasteiger partial charge in [-0.3, -0.25) is 0 Å². The summed E-state index contributed by atoms with van der Waals surface area (Å²) in [6.07, 6.45) is 0. The summed E-state index contributed by atoms with van der Waals surface area (Å²) in [7, 11) is -2.13. The van der Waals surface area contributed by atoms with Gasteiger partial charge in [-0.25, -0.2) is 13.2 Å². The van der Waals surface area contributed by atoms with E-state index in [9.17, 15) is 18.3 Å². The van der Waals surface area contributed by atoms with Crippen molar-refractivity contribution in [1.82, 2.24) is 0 Å². The monoisotopic (exact) mass is 402 g/mol. The zero-order valence-electron chi connectivity index (χ0n) is 15.0. The maximum atomic E-state index is 12.8. The molecule has 0 radical (unpaired) electrons. The first-order valence-corrected chi connectivity index (χ1v) is 9.96. The topological polar surface area (TPSA) is 110 Å². The summed E-state index contributed by atoms with van der Waals surface area (Å²) >= 11 is 0. The minimum absolute atomic E-state index is 0.158. The molecule has 0 spiro atoms. The SMILES string of the molecule is COc1ccc(S(=O)(=O)CCOc2ccc(C(=O)O)c(O)c2)c2ccccc12. The van der Waals surface area contributed by atoms with Gasteiger partial charge >= 0.3 is 5.97 Å². The number of carbonyl (C=O) groups is 1. The third-order valence-corrected chi connectivity index (χ3v) is 5.95. The molecular formula is C20H18O7S. The number of fused-ring (bicyclic) bond motifs is 1. The highest BCUT2D eigenvalue weighted by Gasteiger charge is 2.19. The zero-order valence-corrected chi connectivity index (χ0v) is 15.8. The van der Waals surface area contributed by atoms with Crippen molar-refractivity contribution in [3.05, 3.63) is 60.2 Å². The molecule has 0 heterocycles. The second kappa shape index (κ2) is 7.77. The Morgan fingerprint density at radius 1 is 1.04 bits per heavy atom. The van der Waals surface area contributed by atoms with Gasteiger partial charge in [-0.1, -0.05) is 24.3 Å². The van der Waals surface area contributed by atoms with Crippen LogP contribution in [0.2, 0.25) is 0 Å². The lowest BCUT2D eigenvalue weighted by Gasteiger charge is -2.12. The Labute approximate surface area is 161 Å². The van der Waals surface area contributed by atoms with Crippen molar-refractivity contribution in [2.24, 2.45) is 0 Å². The van der Waals surface area contributed by atoms with Gasteiger partial charge in [0, 0.05) is 16.8 Å². The van der Waals surface area contributed by atoms with Crippen LogP contribution in [0.5, 0.6) is 17.2 Å². The summed E-state index contributed by atoms with van der Waals surface area (Å²) < 4.78 is 36.3. The number of ether oxygens (including phenoxy) is 2. The van der Waals surface area contributed by atoms with Crippen molar-refractivity contribution < 1.29 is 32.9 Å². The first-order chi connectivity index (χ1) is 13.3. The minimum atomic E-state index is -3.65. The van der Waals surface area contributed by atoms with E-state index in [2.05, 4.69) is 0 Å². The Hall–Kier alpha value is -3.26. The Bertz CT molecular complexity index is 1140. The van der Waals surface area contributed by atoms with Gasteiger partial charge in [0.15, 0.2) is 9.84 Å². The number of methoxy groups -OCH3 is 1. The average Bonchev–Trinajstić information content (AvgIpc) is 2.66. The molecule has 3 rings (SSSR count). The maximum Gasteiger partial charge on any atom is 0.339 e. The number of aromatic carboxylic acids is 1. The molecule has 2 N–H and O–H groups in total. The molecule has 0 atom stereocenters. The van der Waals surface area contributed by atoms with Gasteiger partial charge in [-0.15, -0.1) is 0 Å². The Morgan fingerprint density at radius 2 is 1.75 bits per heavy atom. The zero-order chi connectivity index (χ0) is 20.3. The van der Waals surface area contributed by atoms with Crippen molar-refractivity contribution in [2.45, 2.75) is 4.90 Å². The van der Waals surface area contributed by atoms with E-state index in [1.165, 1.54) is 25.3 Å². The third-order valence-electron chi connectivity index (χ3n) is 4.22. The first kappa shape index (κ1) is 19.5. The quantitative estimate of drug-likeness (QED) is 0.625. The molecule has 8 heteroatoms. The van der Waals surface area contributed by atoms with Crippen LogP contribution in [-0.4, -0.2) is 44.1 Å². The van der Waals surface area contributed by atoms with Crippen molar-refractivity contribution in [2.75, 3.05) is 19.5 Å². The van der Waals surface area contributed by atoms with E-state index >= 15 is 0 Å². The number of phenols is 1. The van der Waals surface area contributed by atoms with E-state index in [0.717, 1.165) is 6.07 Å². The number of hydrogen-bond donors (Lipinski definition) is 2. The molecule has 0 saturated carbocycles. The highest BCUT2D eigenvalue weighted by Crippen LogP contribution is 2.31. The predicted octanol–water partition coefficient (Wildman–Crippen LogP) is 3.10. The van der Waals surface area contributed by atoms with Crippen molar-refractivity contribution in [3.63, 3.8) is 0 Å². The van der Waals surface area contributed by atoms with E-state index < -0.39 is 21.6 Å². The van der Waals surface area contributed by atoms with Crippen LogP contribution in [0.3, 0.4) is 0 Å². The van der Waals surface area contributed by atoms with Crippen molar-refractivity contribution in [1.29, 1.82) is 0 Å². The summed E-state index contributed by atoms with van der Waals surface area (Å²) in [6, 6.07) is 13.9. The number of aromatic hydroxyl groups is 1.